The van der Waals surface area contributed by atoms with E-state index >= 15 is 0 Å². The third-order valence-corrected chi connectivity index (χ3v) is 4.55. The Bertz CT molecular complexity index is 897. The van der Waals surface area contributed by atoms with Crippen molar-refractivity contribution in [1.82, 2.24) is 15.3 Å². The largest absolute Gasteiger partial charge is 0.456 e. The Labute approximate surface area is 145 Å². The molecule has 0 unspecified atom stereocenters. The molecule has 0 atom stereocenters. The molecule has 6 heteroatoms. The molecule has 0 radical (unpaired) electrons. The Balaban J connectivity index is 1.38. The molecule has 3 aromatic rings. The quantitative estimate of drug-likeness (QED) is 0.796. The molecule has 1 fully saturated rings. The van der Waals surface area contributed by atoms with Crippen LogP contribution in [0.15, 0.2) is 47.0 Å². The van der Waals surface area contributed by atoms with Gasteiger partial charge in [-0.15, -0.1) is 0 Å². The normalized spacial score (nSPS) is 15.5. The van der Waals surface area contributed by atoms with E-state index in [2.05, 4.69) is 15.2 Å². The molecule has 0 aliphatic carbocycles. The van der Waals surface area contributed by atoms with Crippen molar-refractivity contribution in [3.8, 4) is 0 Å². The Hall–Kier alpha value is -2.89. The smallest absolute Gasteiger partial charge is 0.287 e. The highest BCUT2D eigenvalue weighted by Crippen LogP contribution is 2.20. The number of anilines is 1. The minimum atomic E-state index is -0.142. The van der Waals surface area contributed by atoms with Gasteiger partial charge in [0.2, 0.25) is 0 Å². The molecule has 0 saturated carbocycles. The fourth-order valence-electron chi connectivity index (χ4n) is 3.17. The number of para-hydroxylation sites is 2. The number of piperidine rings is 1. The van der Waals surface area contributed by atoms with E-state index in [1.54, 1.807) is 12.1 Å². The maximum atomic E-state index is 12.2. The van der Waals surface area contributed by atoms with Crippen LogP contribution in [0, 0.1) is 6.92 Å². The summed E-state index contributed by atoms with van der Waals surface area (Å²) in [6.45, 7) is 3.52. The van der Waals surface area contributed by atoms with E-state index in [9.17, 15) is 4.79 Å². The molecule has 25 heavy (non-hydrogen) atoms. The second kappa shape index (κ2) is 6.55. The number of carbonyl (C=O) groups excluding carboxylic acids is 1. The van der Waals surface area contributed by atoms with Crippen LogP contribution in [0.2, 0.25) is 0 Å². The Morgan fingerprint density at radius 1 is 1.16 bits per heavy atom. The number of rotatable bonds is 3. The highest BCUT2D eigenvalue weighted by Gasteiger charge is 2.23. The molecule has 4 rings (SSSR count). The summed E-state index contributed by atoms with van der Waals surface area (Å²) in [6.07, 6.45) is 3.58. The second-order valence-corrected chi connectivity index (χ2v) is 6.36. The van der Waals surface area contributed by atoms with Crippen molar-refractivity contribution < 1.29 is 9.21 Å². The topological polar surface area (TPSA) is 71.3 Å². The molecular weight excluding hydrogens is 316 g/mol. The predicted octanol–water partition coefficient (Wildman–Crippen LogP) is 2.93. The number of aromatic nitrogens is 2. The van der Waals surface area contributed by atoms with Crippen LogP contribution in [-0.4, -0.2) is 35.0 Å². The van der Waals surface area contributed by atoms with Crippen LogP contribution in [0.1, 0.15) is 29.2 Å². The minimum Gasteiger partial charge on any atom is -0.456 e. The van der Waals surface area contributed by atoms with Crippen LogP contribution < -0.4 is 10.2 Å². The first kappa shape index (κ1) is 15.6. The number of hydrogen-bond acceptors (Lipinski definition) is 5. The summed E-state index contributed by atoms with van der Waals surface area (Å²) < 4.78 is 5.38. The summed E-state index contributed by atoms with van der Waals surface area (Å²) in [7, 11) is 0. The van der Waals surface area contributed by atoms with E-state index in [0.717, 1.165) is 48.5 Å². The third kappa shape index (κ3) is 3.33. The number of amides is 1. The summed E-state index contributed by atoms with van der Waals surface area (Å²) >= 11 is 0. The number of furan rings is 1. The lowest BCUT2D eigenvalue weighted by Crippen LogP contribution is -2.44. The number of aryl methyl sites for hydroxylation is 1. The van der Waals surface area contributed by atoms with Crippen molar-refractivity contribution in [2.45, 2.75) is 25.8 Å². The third-order valence-electron chi connectivity index (χ3n) is 4.55. The number of benzene rings is 1. The number of nitrogens with zero attached hydrogens (tertiary/aromatic N) is 3. The molecule has 1 aliphatic rings. The van der Waals surface area contributed by atoms with Crippen LogP contribution in [0.5, 0.6) is 0 Å². The number of fused-ring (bicyclic) bond motifs is 1. The van der Waals surface area contributed by atoms with Crippen molar-refractivity contribution in [1.29, 1.82) is 0 Å². The predicted molar refractivity (Wildman–Crippen MR) is 95.7 cm³/mol. The van der Waals surface area contributed by atoms with Crippen LogP contribution in [0.4, 0.5) is 5.82 Å². The van der Waals surface area contributed by atoms with Gasteiger partial charge in [0, 0.05) is 19.1 Å². The standard InChI is InChI=1S/C19H20N4O2/c1-13-6-7-17(25-13)19(24)21-14-8-10-23(11-9-14)18-12-20-15-4-2-3-5-16(15)22-18/h2-7,12,14H,8-11H2,1H3,(H,21,24). The van der Waals surface area contributed by atoms with Crippen LogP contribution in [0.3, 0.4) is 0 Å². The molecular formula is C19H20N4O2. The van der Waals surface area contributed by atoms with Crippen molar-refractivity contribution in [2.75, 3.05) is 18.0 Å². The monoisotopic (exact) mass is 336 g/mol. The maximum Gasteiger partial charge on any atom is 0.287 e. The van der Waals surface area contributed by atoms with Gasteiger partial charge in [-0.25, -0.2) is 4.98 Å². The zero-order valence-electron chi connectivity index (χ0n) is 14.1. The molecule has 3 heterocycles. The molecule has 2 aromatic heterocycles. The zero-order chi connectivity index (χ0) is 17.2. The number of hydrogen-bond donors (Lipinski definition) is 1. The van der Waals surface area contributed by atoms with Gasteiger partial charge in [0.25, 0.3) is 5.91 Å². The first-order valence-electron chi connectivity index (χ1n) is 8.53. The van der Waals surface area contributed by atoms with Gasteiger partial charge in [-0.05, 0) is 44.0 Å². The summed E-state index contributed by atoms with van der Waals surface area (Å²) in [6, 6.07) is 11.5. The van der Waals surface area contributed by atoms with Gasteiger partial charge in [-0.1, -0.05) is 12.1 Å². The van der Waals surface area contributed by atoms with Crippen LogP contribution in [0.25, 0.3) is 11.0 Å². The molecule has 1 saturated heterocycles. The zero-order valence-corrected chi connectivity index (χ0v) is 14.1. The van der Waals surface area contributed by atoms with E-state index in [1.165, 1.54) is 0 Å². The Morgan fingerprint density at radius 2 is 1.92 bits per heavy atom. The highest BCUT2D eigenvalue weighted by atomic mass is 16.3. The molecule has 6 nitrogen and oxygen atoms in total. The maximum absolute atomic E-state index is 12.2. The SMILES string of the molecule is Cc1ccc(C(=O)NC2CCN(c3cnc4ccccc4n3)CC2)o1. The fraction of sp³-hybridized carbons (Fsp3) is 0.316. The van der Waals surface area contributed by atoms with E-state index in [1.807, 2.05) is 37.4 Å². The summed E-state index contributed by atoms with van der Waals surface area (Å²) in [4.78, 5) is 23.6. The van der Waals surface area contributed by atoms with E-state index in [0.29, 0.717) is 5.76 Å². The van der Waals surface area contributed by atoms with Gasteiger partial charge in [0.05, 0.1) is 17.2 Å². The average Bonchev–Trinajstić information content (AvgIpc) is 3.08. The Kier molecular flexibility index (Phi) is 4.09. The van der Waals surface area contributed by atoms with Crippen molar-refractivity contribution in [3.63, 3.8) is 0 Å². The first-order valence-corrected chi connectivity index (χ1v) is 8.53. The van der Waals surface area contributed by atoms with Crippen molar-refractivity contribution >= 4 is 22.8 Å². The second-order valence-electron chi connectivity index (χ2n) is 6.36. The Morgan fingerprint density at radius 3 is 2.64 bits per heavy atom. The molecule has 1 N–H and O–H groups in total. The molecule has 1 aromatic carbocycles. The van der Waals surface area contributed by atoms with E-state index in [-0.39, 0.29) is 11.9 Å². The highest BCUT2D eigenvalue weighted by molar-refractivity contribution is 5.91. The van der Waals surface area contributed by atoms with Gasteiger partial charge in [-0.3, -0.25) is 9.78 Å². The summed E-state index contributed by atoms with van der Waals surface area (Å²) in [5, 5.41) is 3.05. The summed E-state index contributed by atoms with van der Waals surface area (Å²) in [5.74, 6) is 1.87. The number of nitrogens with one attached hydrogen (secondary N) is 1. The number of carbonyl (C=O) groups is 1. The lowest BCUT2D eigenvalue weighted by molar-refractivity contribution is 0.0901. The molecule has 128 valence electrons. The van der Waals surface area contributed by atoms with Gasteiger partial charge >= 0.3 is 0 Å². The van der Waals surface area contributed by atoms with Gasteiger partial charge < -0.3 is 14.6 Å². The molecule has 1 amide bonds. The lowest BCUT2D eigenvalue weighted by Gasteiger charge is -2.32. The van der Waals surface area contributed by atoms with E-state index in [4.69, 9.17) is 9.40 Å². The van der Waals surface area contributed by atoms with E-state index < -0.39 is 0 Å². The molecule has 1 aliphatic heterocycles. The molecule has 0 spiro atoms. The summed E-state index contributed by atoms with van der Waals surface area (Å²) in [5.41, 5.74) is 1.81. The van der Waals surface area contributed by atoms with Crippen molar-refractivity contribution in [3.05, 3.63) is 54.1 Å². The van der Waals surface area contributed by atoms with Crippen LogP contribution in [-0.2, 0) is 0 Å². The van der Waals surface area contributed by atoms with Crippen LogP contribution >= 0.6 is 0 Å². The lowest BCUT2D eigenvalue weighted by atomic mass is 10.0. The average molecular weight is 336 g/mol. The van der Waals surface area contributed by atoms with Gasteiger partial charge in [0.1, 0.15) is 11.6 Å². The minimum absolute atomic E-state index is 0.142. The first-order chi connectivity index (χ1) is 12.2. The van der Waals surface area contributed by atoms with Gasteiger partial charge in [0.15, 0.2) is 5.76 Å². The van der Waals surface area contributed by atoms with Gasteiger partial charge in [-0.2, -0.15) is 0 Å². The van der Waals surface area contributed by atoms with Crippen molar-refractivity contribution in [2.24, 2.45) is 0 Å². The molecule has 0 bridgehead atoms. The fourth-order valence-corrected chi connectivity index (χ4v) is 3.17.